The second-order valence-corrected chi connectivity index (χ2v) is 17.1. The van der Waals surface area contributed by atoms with Crippen LogP contribution in [0.5, 0.6) is 0 Å². The molecule has 5 aliphatic rings. The fraction of sp³-hybridized carbons (Fsp3) is 0.865. The number of carbonyl (C=O) groups is 3. The van der Waals surface area contributed by atoms with Crippen LogP contribution in [0.25, 0.3) is 0 Å². The highest BCUT2D eigenvalue weighted by atomic mass is 16.5. The zero-order valence-electron chi connectivity index (χ0n) is 28.3. The number of methoxy groups -OCH3 is 1. The van der Waals surface area contributed by atoms with Gasteiger partial charge in [-0.1, -0.05) is 74.0 Å². The summed E-state index contributed by atoms with van der Waals surface area (Å²) in [5.41, 5.74) is 1.11. The molecule has 0 bridgehead atoms. The second kappa shape index (κ2) is 10.5. The molecule has 0 aromatic carbocycles. The Hall–Kier alpha value is -1.65. The van der Waals surface area contributed by atoms with Crippen LogP contribution in [0.3, 0.4) is 0 Å². The molecule has 1 amide bonds. The number of hydrogen-bond donors (Lipinski definition) is 1. The van der Waals surface area contributed by atoms with Gasteiger partial charge in [-0.3, -0.25) is 9.59 Å². The monoisotopic (exact) mass is 581 g/mol. The van der Waals surface area contributed by atoms with E-state index in [4.69, 9.17) is 4.74 Å². The summed E-state index contributed by atoms with van der Waals surface area (Å²) in [4.78, 5) is 40.4. The van der Waals surface area contributed by atoms with Crippen LogP contribution in [0, 0.1) is 62.6 Å². The first-order valence-corrected chi connectivity index (χ1v) is 17.1. The van der Waals surface area contributed by atoms with Gasteiger partial charge in [-0.25, -0.2) is 4.79 Å². The molecule has 236 valence electrons. The van der Waals surface area contributed by atoms with Gasteiger partial charge in [0.2, 0.25) is 5.91 Å². The summed E-state index contributed by atoms with van der Waals surface area (Å²) in [6, 6.07) is -0.602. The molecule has 4 fully saturated rings. The van der Waals surface area contributed by atoms with Gasteiger partial charge in [0, 0.05) is 11.8 Å². The van der Waals surface area contributed by atoms with Crippen LogP contribution in [-0.2, 0) is 19.1 Å². The van der Waals surface area contributed by atoms with Gasteiger partial charge in [-0.2, -0.15) is 0 Å². The summed E-state index contributed by atoms with van der Waals surface area (Å²) in [7, 11) is 1.42. The van der Waals surface area contributed by atoms with Gasteiger partial charge in [-0.15, -0.1) is 0 Å². The lowest BCUT2D eigenvalue weighted by Gasteiger charge is -2.71. The number of fused-ring (bicyclic) bond motifs is 7. The van der Waals surface area contributed by atoms with E-state index in [0.717, 1.165) is 51.4 Å². The Morgan fingerprint density at radius 2 is 1.67 bits per heavy atom. The van der Waals surface area contributed by atoms with Crippen molar-refractivity contribution in [3.8, 4) is 0 Å². The number of esters is 1. The number of nitrogens with one attached hydrogen (secondary N) is 1. The summed E-state index contributed by atoms with van der Waals surface area (Å²) in [5.74, 6) is 2.56. The fourth-order valence-electron chi connectivity index (χ4n) is 11.8. The highest BCUT2D eigenvalue weighted by molar-refractivity contribution is 5.89. The van der Waals surface area contributed by atoms with Gasteiger partial charge in [0.15, 0.2) is 0 Å². The number of hydrogen-bond acceptors (Lipinski definition) is 4. The van der Waals surface area contributed by atoms with Crippen LogP contribution in [0.4, 0.5) is 0 Å². The lowest BCUT2D eigenvalue weighted by atomic mass is 9.33. The van der Waals surface area contributed by atoms with Crippen molar-refractivity contribution in [1.29, 1.82) is 0 Å². The molecule has 0 saturated heterocycles. The Balaban J connectivity index is 1.55. The maximum absolute atomic E-state index is 14.5. The van der Waals surface area contributed by atoms with Crippen molar-refractivity contribution in [2.24, 2.45) is 62.6 Å². The van der Waals surface area contributed by atoms with E-state index in [1.807, 2.05) is 0 Å². The van der Waals surface area contributed by atoms with Gasteiger partial charge in [0.05, 0.1) is 12.5 Å². The Morgan fingerprint density at radius 1 is 0.976 bits per heavy atom. The van der Waals surface area contributed by atoms with E-state index in [9.17, 15) is 14.4 Å². The van der Waals surface area contributed by atoms with Crippen molar-refractivity contribution in [2.75, 3.05) is 7.11 Å². The fourth-order valence-corrected chi connectivity index (χ4v) is 11.8. The molecular weight excluding hydrogens is 522 g/mol. The second-order valence-electron chi connectivity index (χ2n) is 17.1. The minimum Gasteiger partial charge on any atom is -0.467 e. The summed E-state index contributed by atoms with van der Waals surface area (Å²) in [6.45, 7) is 21.0. The molecule has 0 spiro atoms. The largest absolute Gasteiger partial charge is 0.467 e. The molecule has 0 radical (unpaired) electrons. The number of ether oxygens (including phenoxy) is 1. The number of Topliss-reactive ketones (excluding diaryl/α,β-unsaturated/α-hetero) is 1. The maximum atomic E-state index is 14.5. The van der Waals surface area contributed by atoms with Gasteiger partial charge in [-0.05, 0) is 110 Å². The van der Waals surface area contributed by atoms with Gasteiger partial charge in [0.1, 0.15) is 11.8 Å². The van der Waals surface area contributed by atoms with E-state index in [2.05, 4.69) is 73.7 Å². The standard InChI is InChI=1S/C37H59NO4/c1-22(2)21-26(31(40)42-10)38-32(41)37-18-13-23(3)24(4)30(37)25-11-12-28-34(7)16-15-29(39)33(5,6)27(34)14-17-36(28,9)35(25,8)19-20-37/h11,22-24,26-28,30H,12-21H2,1-10H3,(H,38,41)/t23-,24+,26?,27+,28-,30+,34+,35-,36-,37+/m1/s1. The predicted molar refractivity (Wildman–Crippen MR) is 167 cm³/mol. The van der Waals surface area contributed by atoms with Crippen LogP contribution in [-0.4, -0.2) is 30.8 Å². The maximum Gasteiger partial charge on any atom is 0.328 e. The first-order chi connectivity index (χ1) is 19.5. The molecular formula is C37H59NO4. The van der Waals surface area contributed by atoms with Crippen molar-refractivity contribution < 1.29 is 19.1 Å². The third-order valence-corrected chi connectivity index (χ3v) is 14.7. The molecule has 0 aromatic heterocycles. The molecule has 0 aliphatic heterocycles. The van der Waals surface area contributed by atoms with Crippen molar-refractivity contribution in [2.45, 2.75) is 133 Å². The van der Waals surface area contributed by atoms with Crippen molar-refractivity contribution in [3.05, 3.63) is 11.6 Å². The minimum atomic E-state index is -0.602. The summed E-state index contributed by atoms with van der Waals surface area (Å²) >= 11 is 0. The first-order valence-electron chi connectivity index (χ1n) is 17.1. The van der Waals surface area contributed by atoms with E-state index < -0.39 is 11.5 Å². The third kappa shape index (κ3) is 4.31. The normalized spacial score (nSPS) is 45.0. The lowest BCUT2D eigenvalue weighted by Crippen LogP contribution is -2.66. The van der Waals surface area contributed by atoms with Crippen molar-refractivity contribution in [1.82, 2.24) is 5.32 Å². The average molecular weight is 582 g/mol. The van der Waals surface area contributed by atoms with E-state index >= 15 is 0 Å². The van der Waals surface area contributed by atoms with Crippen LogP contribution < -0.4 is 5.32 Å². The summed E-state index contributed by atoms with van der Waals surface area (Å²) < 4.78 is 5.14. The lowest BCUT2D eigenvalue weighted by molar-refractivity contribution is -0.187. The van der Waals surface area contributed by atoms with Crippen LogP contribution in [0.1, 0.15) is 127 Å². The predicted octanol–water partition coefficient (Wildman–Crippen LogP) is 7.92. The number of allylic oxidation sites excluding steroid dienone is 2. The topological polar surface area (TPSA) is 72.5 Å². The van der Waals surface area contributed by atoms with Crippen molar-refractivity contribution >= 4 is 17.7 Å². The summed E-state index contributed by atoms with van der Waals surface area (Å²) in [5, 5.41) is 3.25. The molecule has 5 rings (SSSR count). The molecule has 10 atom stereocenters. The number of ketones is 1. The number of carbonyl (C=O) groups excluding carboxylic acids is 3. The first kappa shape index (κ1) is 31.8. The molecule has 5 aliphatic carbocycles. The molecule has 4 saturated carbocycles. The number of amides is 1. The van der Waals surface area contributed by atoms with Crippen LogP contribution in [0.15, 0.2) is 11.6 Å². The molecule has 1 N–H and O–H groups in total. The quantitative estimate of drug-likeness (QED) is 0.264. The Morgan fingerprint density at radius 3 is 2.31 bits per heavy atom. The van der Waals surface area contributed by atoms with Crippen LogP contribution in [0.2, 0.25) is 0 Å². The minimum absolute atomic E-state index is 0.0228. The smallest absolute Gasteiger partial charge is 0.328 e. The van der Waals surface area contributed by atoms with E-state index in [-0.39, 0.29) is 45.4 Å². The summed E-state index contributed by atoms with van der Waals surface area (Å²) in [6.07, 6.45) is 12.0. The highest BCUT2D eigenvalue weighted by Gasteiger charge is 2.69. The average Bonchev–Trinajstić information content (AvgIpc) is 2.92. The molecule has 42 heavy (non-hydrogen) atoms. The molecule has 5 heteroatoms. The SMILES string of the molecule is COC(=O)C(CC(C)C)NC(=O)[C@]12CC[C@@H](C)[C@H](C)[C@H]1C1=CC[C@@H]3[C@@]4(C)CCC(=O)C(C)(C)[C@@H]4CC[C@@]3(C)[C@]1(C)CC2. The van der Waals surface area contributed by atoms with E-state index in [0.29, 0.717) is 42.3 Å². The molecule has 1 unspecified atom stereocenters. The number of rotatable bonds is 5. The van der Waals surface area contributed by atoms with Gasteiger partial charge >= 0.3 is 5.97 Å². The molecule has 0 aromatic rings. The van der Waals surface area contributed by atoms with Crippen molar-refractivity contribution in [3.63, 3.8) is 0 Å². The van der Waals surface area contributed by atoms with E-state index in [1.54, 1.807) is 0 Å². The zero-order chi connectivity index (χ0) is 31.0. The Labute approximate surface area is 255 Å². The third-order valence-electron chi connectivity index (χ3n) is 14.7. The highest BCUT2D eigenvalue weighted by Crippen LogP contribution is 2.75. The Kier molecular flexibility index (Phi) is 7.92. The van der Waals surface area contributed by atoms with Gasteiger partial charge < -0.3 is 10.1 Å². The van der Waals surface area contributed by atoms with Gasteiger partial charge in [0.25, 0.3) is 0 Å². The molecule has 0 heterocycles. The molecule has 5 nitrogen and oxygen atoms in total. The zero-order valence-corrected chi connectivity index (χ0v) is 28.3. The van der Waals surface area contributed by atoms with Crippen LogP contribution >= 0.6 is 0 Å². The van der Waals surface area contributed by atoms with E-state index in [1.165, 1.54) is 12.7 Å². The Bertz CT molecular complexity index is 1150.